The molecule has 0 spiro atoms. The summed E-state index contributed by atoms with van der Waals surface area (Å²) < 4.78 is 21.5. The Hall–Kier alpha value is 0.0569. The van der Waals surface area contributed by atoms with Crippen LogP contribution in [0.1, 0.15) is 6.92 Å². The van der Waals surface area contributed by atoms with Gasteiger partial charge in [-0.05, 0) is 18.5 Å². The third-order valence-electron chi connectivity index (χ3n) is 2.69. The van der Waals surface area contributed by atoms with Crippen molar-refractivity contribution in [2.45, 2.75) is 25.6 Å². The van der Waals surface area contributed by atoms with Crippen LogP contribution in [0.2, 0.25) is 12.6 Å². The molecule has 0 N–H and O–H groups in total. The van der Waals surface area contributed by atoms with Crippen molar-refractivity contribution >= 4 is 8.56 Å². The molecular formula is C10H22O4Si. The van der Waals surface area contributed by atoms with Crippen LogP contribution in [-0.2, 0) is 18.3 Å². The van der Waals surface area contributed by atoms with E-state index in [1.54, 1.807) is 14.2 Å². The SMILES string of the molecule is CO[Si](C)(CC(C)COCC1CO1)OC. The lowest BCUT2D eigenvalue weighted by Crippen LogP contribution is -2.38. The van der Waals surface area contributed by atoms with Gasteiger partial charge in [-0.15, -0.1) is 0 Å². The van der Waals surface area contributed by atoms with Crippen LogP contribution in [0.25, 0.3) is 0 Å². The molecule has 1 fully saturated rings. The molecule has 5 heteroatoms. The van der Waals surface area contributed by atoms with Gasteiger partial charge in [-0.25, -0.2) is 0 Å². The first-order chi connectivity index (χ1) is 7.09. The van der Waals surface area contributed by atoms with Crippen LogP contribution in [0.3, 0.4) is 0 Å². The van der Waals surface area contributed by atoms with Gasteiger partial charge < -0.3 is 18.3 Å². The highest BCUT2D eigenvalue weighted by Crippen LogP contribution is 2.19. The Balaban J connectivity index is 2.11. The van der Waals surface area contributed by atoms with E-state index in [1.165, 1.54) is 0 Å². The van der Waals surface area contributed by atoms with Gasteiger partial charge >= 0.3 is 8.56 Å². The molecule has 15 heavy (non-hydrogen) atoms. The normalized spacial score (nSPS) is 22.8. The minimum atomic E-state index is -1.93. The molecule has 0 aromatic carbocycles. The van der Waals surface area contributed by atoms with Gasteiger partial charge in [0.25, 0.3) is 0 Å². The van der Waals surface area contributed by atoms with Crippen LogP contribution in [0.5, 0.6) is 0 Å². The van der Waals surface area contributed by atoms with Crippen molar-refractivity contribution in [3.8, 4) is 0 Å². The van der Waals surface area contributed by atoms with Crippen molar-refractivity contribution < 1.29 is 18.3 Å². The molecule has 1 aliphatic rings. The summed E-state index contributed by atoms with van der Waals surface area (Å²) in [5.74, 6) is 0.473. The summed E-state index contributed by atoms with van der Waals surface area (Å²) in [6.07, 6.45) is 0.352. The summed E-state index contributed by atoms with van der Waals surface area (Å²) in [6.45, 7) is 6.58. The van der Waals surface area contributed by atoms with Gasteiger partial charge in [-0.2, -0.15) is 0 Å². The first kappa shape index (κ1) is 13.1. The first-order valence-electron chi connectivity index (χ1n) is 5.39. The Labute approximate surface area is 93.1 Å². The molecule has 1 rings (SSSR count). The zero-order valence-electron chi connectivity index (χ0n) is 10.1. The smallest absolute Gasteiger partial charge is 0.334 e. The fourth-order valence-electron chi connectivity index (χ4n) is 1.51. The highest BCUT2D eigenvalue weighted by molar-refractivity contribution is 6.65. The third kappa shape index (κ3) is 5.08. The van der Waals surface area contributed by atoms with Gasteiger partial charge in [0.15, 0.2) is 0 Å². The second-order valence-corrected chi connectivity index (χ2v) is 7.84. The molecule has 1 heterocycles. The molecule has 0 bridgehead atoms. The van der Waals surface area contributed by atoms with Gasteiger partial charge in [0.1, 0.15) is 6.10 Å². The van der Waals surface area contributed by atoms with Crippen molar-refractivity contribution in [2.24, 2.45) is 5.92 Å². The highest BCUT2D eigenvalue weighted by Gasteiger charge is 2.31. The number of epoxide rings is 1. The summed E-state index contributed by atoms with van der Waals surface area (Å²) in [5.41, 5.74) is 0. The van der Waals surface area contributed by atoms with Crippen molar-refractivity contribution in [3.63, 3.8) is 0 Å². The Bertz CT molecular complexity index is 180. The Morgan fingerprint density at radius 2 is 2.00 bits per heavy atom. The summed E-state index contributed by atoms with van der Waals surface area (Å²) in [4.78, 5) is 0. The fourth-order valence-corrected chi connectivity index (χ4v) is 3.39. The van der Waals surface area contributed by atoms with Gasteiger partial charge in [0.05, 0.1) is 13.2 Å². The number of ether oxygens (including phenoxy) is 2. The number of hydrogen-bond acceptors (Lipinski definition) is 4. The molecular weight excluding hydrogens is 212 g/mol. The van der Waals surface area contributed by atoms with Crippen LogP contribution >= 0.6 is 0 Å². The standard InChI is InChI=1S/C10H22O4Si/c1-9(5-13-6-10-7-14-10)8-15(4,11-2)12-3/h9-10H,5-8H2,1-4H3. The summed E-state index contributed by atoms with van der Waals surface area (Å²) in [6, 6.07) is 0.964. The van der Waals surface area contributed by atoms with Crippen molar-refractivity contribution in [3.05, 3.63) is 0 Å². The molecule has 90 valence electrons. The van der Waals surface area contributed by atoms with E-state index in [0.29, 0.717) is 12.0 Å². The lowest BCUT2D eigenvalue weighted by atomic mass is 10.2. The second-order valence-electron chi connectivity index (χ2n) is 4.34. The minimum absolute atomic E-state index is 0.352. The fraction of sp³-hybridized carbons (Fsp3) is 1.00. The lowest BCUT2D eigenvalue weighted by molar-refractivity contribution is 0.0915. The molecule has 0 saturated carbocycles. The van der Waals surface area contributed by atoms with Crippen LogP contribution in [-0.4, -0.2) is 48.7 Å². The molecule has 1 saturated heterocycles. The molecule has 0 aromatic rings. The van der Waals surface area contributed by atoms with Crippen LogP contribution in [0.4, 0.5) is 0 Å². The maximum atomic E-state index is 5.54. The van der Waals surface area contributed by atoms with E-state index in [2.05, 4.69) is 13.5 Å². The average Bonchev–Trinajstić information content (AvgIpc) is 3.01. The maximum absolute atomic E-state index is 5.54. The lowest BCUT2D eigenvalue weighted by Gasteiger charge is -2.25. The summed E-state index contributed by atoms with van der Waals surface area (Å²) in [7, 11) is 1.51. The predicted molar refractivity (Wildman–Crippen MR) is 60.2 cm³/mol. The third-order valence-corrected chi connectivity index (χ3v) is 5.86. The molecule has 2 atom stereocenters. The van der Waals surface area contributed by atoms with E-state index in [-0.39, 0.29) is 0 Å². The average molecular weight is 234 g/mol. The molecule has 0 radical (unpaired) electrons. The monoisotopic (exact) mass is 234 g/mol. The van der Waals surface area contributed by atoms with E-state index in [9.17, 15) is 0 Å². The van der Waals surface area contributed by atoms with Crippen molar-refractivity contribution in [1.29, 1.82) is 0 Å². The quantitative estimate of drug-likeness (QED) is 0.470. The van der Waals surface area contributed by atoms with E-state index in [4.69, 9.17) is 18.3 Å². The van der Waals surface area contributed by atoms with E-state index in [1.807, 2.05) is 0 Å². The maximum Gasteiger partial charge on any atom is 0.334 e. The van der Waals surface area contributed by atoms with Crippen LogP contribution in [0.15, 0.2) is 0 Å². The Kier molecular flexibility index (Phi) is 5.21. The van der Waals surface area contributed by atoms with Gasteiger partial charge in [0.2, 0.25) is 0 Å². The first-order valence-corrected chi connectivity index (χ1v) is 7.91. The largest absolute Gasteiger partial charge is 0.398 e. The molecule has 4 nitrogen and oxygen atoms in total. The van der Waals surface area contributed by atoms with Crippen molar-refractivity contribution in [1.82, 2.24) is 0 Å². The van der Waals surface area contributed by atoms with Gasteiger partial charge in [-0.1, -0.05) is 6.92 Å². The molecule has 0 amide bonds. The molecule has 2 unspecified atom stereocenters. The summed E-state index contributed by atoms with van der Waals surface area (Å²) in [5, 5.41) is 0. The van der Waals surface area contributed by atoms with Gasteiger partial charge in [0, 0.05) is 20.8 Å². The highest BCUT2D eigenvalue weighted by atomic mass is 28.4. The Morgan fingerprint density at radius 1 is 1.40 bits per heavy atom. The van der Waals surface area contributed by atoms with Crippen LogP contribution in [0, 0.1) is 5.92 Å². The number of hydrogen-bond donors (Lipinski definition) is 0. The van der Waals surface area contributed by atoms with E-state index in [0.717, 1.165) is 25.9 Å². The Morgan fingerprint density at radius 3 is 2.47 bits per heavy atom. The predicted octanol–water partition coefficient (Wildman–Crippen LogP) is 1.40. The van der Waals surface area contributed by atoms with Crippen LogP contribution < -0.4 is 0 Å². The molecule has 0 aliphatic carbocycles. The number of rotatable bonds is 8. The molecule has 0 aromatic heterocycles. The topological polar surface area (TPSA) is 40.2 Å². The van der Waals surface area contributed by atoms with Crippen molar-refractivity contribution in [2.75, 3.05) is 34.0 Å². The summed E-state index contributed by atoms with van der Waals surface area (Å²) >= 11 is 0. The van der Waals surface area contributed by atoms with Gasteiger partial charge in [-0.3, -0.25) is 0 Å². The molecule has 1 aliphatic heterocycles. The zero-order chi connectivity index (χ0) is 11.3. The van der Waals surface area contributed by atoms with E-state index >= 15 is 0 Å². The zero-order valence-corrected chi connectivity index (χ0v) is 11.1. The van der Waals surface area contributed by atoms with E-state index < -0.39 is 8.56 Å². The second kappa shape index (κ2) is 5.96. The minimum Gasteiger partial charge on any atom is -0.398 e.